The fourth-order valence-corrected chi connectivity index (χ4v) is 1.19. The molecule has 12 heavy (non-hydrogen) atoms. The molecule has 2 N–H and O–H groups in total. The Morgan fingerprint density at radius 3 is 2.83 bits per heavy atom. The van der Waals surface area contributed by atoms with E-state index in [1.807, 2.05) is 24.3 Å². The molecule has 1 heterocycles. The first-order chi connectivity index (χ1) is 5.38. The second kappa shape index (κ2) is 3.65. The summed E-state index contributed by atoms with van der Waals surface area (Å²) in [5.41, 5.74) is 0.971. The van der Waals surface area contributed by atoms with Crippen molar-refractivity contribution in [1.29, 1.82) is 0 Å². The number of para-hydroxylation sites is 2. The second-order valence-electron chi connectivity index (χ2n) is 2.51. The molecule has 0 radical (unpaired) electrons. The van der Waals surface area contributed by atoms with Crippen LogP contribution in [-0.2, 0) is 0 Å². The van der Waals surface area contributed by atoms with E-state index in [1.165, 1.54) is 0 Å². The topological polar surface area (TPSA) is 38.5 Å². The first kappa shape index (κ1) is 9.16. The average Bonchev–Trinajstić information content (AvgIpc) is 2.06. The molecule has 1 aromatic carbocycles. The summed E-state index contributed by atoms with van der Waals surface area (Å²) >= 11 is 0. The molecule has 4 heteroatoms. The molecule has 0 unspecified atom stereocenters. The minimum absolute atomic E-state index is 0. The number of benzene rings is 1. The van der Waals surface area contributed by atoms with Crippen molar-refractivity contribution in [2.24, 2.45) is 5.84 Å². The number of fused-ring (bicyclic) bond motifs is 1. The average molecular weight is 187 g/mol. The third kappa shape index (κ3) is 1.47. The molecule has 0 aromatic heterocycles. The van der Waals surface area contributed by atoms with E-state index in [0.29, 0.717) is 6.61 Å². The Balaban J connectivity index is 0.000000720. The fourth-order valence-electron chi connectivity index (χ4n) is 1.19. The van der Waals surface area contributed by atoms with Crippen LogP contribution in [0, 0.1) is 0 Å². The summed E-state index contributed by atoms with van der Waals surface area (Å²) in [5.74, 6) is 6.58. The third-order valence-corrected chi connectivity index (χ3v) is 1.76. The minimum atomic E-state index is 0. The highest BCUT2D eigenvalue weighted by Gasteiger charge is 2.12. The van der Waals surface area contributed by atoms with Crippen LogP contribution in [0.3, 0.4) is 0 Å². The summed E-state index contributed by atoms with van der Waals surface area (Å²) in [5, 5.41) is 1.71. The van der Waals surface area contributed by atoms with E-state index in [1.54, 1.807) is 5.01 Å². The van der Waals surface area contributed by atoms with Crippen LogP contribution in [0.5, 0.6) is 5.75 Å². The van der Waals surface area contributed by atoms with E-state index in [-0.39, 0.29) is 12.4 Å². The van der Waals surface area contributed by atoms with Crippen molar-refractivity contribution < 1.29 is 4.74 Å². The number of hydrazine groups is 1. The Kier molecular flexibility index (Phi) is 2.78. The van der Waals surface area contributed by atoms with Gasteiger partial charge in [-0.1, -0.05) is 12.1 Å². The number of nitrogens with zero attached hydrogens (tertiary/aromatic N) is 1. The molecule has 2 rings (SSSR count). The number of rotatable bonds is 0. The van der Waals surface area contributed by atoms with Crippen molar-refractivity contribution in [1.82, 2.24) is 0 Å². The highest BCUT2D eigenvalue weighted by Crippen LogP contribution is 2.28. The van der Waals surface area contributed by atoms with Gasteiger partial charge in [-0.3, -0.25) is 0 Å². The molecule has 0 fully saturated rings. The lowest BCUT2D eigenvalue weighted by molar-refractivity contribution is 0.308. The van der Waals surface area contributed by atoms with Crippen molar-refractivity contribution in [2.45, 2.75) is 0 Å². The Hall–Kier alpha value is -0.930. The Morgan fingerprint density at radius 1 is 1.33 bits per heavy atom. The monoisotopic (exact) mass is 186 g/mol. The Morgan fingerprint density at radius 2 is 2.08 bits per heavy atom. The number of ether oxygens (including phenoxy) is 1. The van der Waals surface area contributed by atoms with E-state index in [4.69, 9.17) is 10.6 Å². The fraction of sp³-hybridized carbons (Fsp3) is 0.250. The lowest BCUT2D eigenvalue weighted by Gasteiger charge is -2.26. The smallest absolute Gasteiger partial charge is 0.144 e. The van der Waals surface area contributed by atoms with E-state index in [9.17, 15) is 0 Å². The molecule has 0 spiro atoms. The van der Waals surface area contributed by atoms with E-state index in [0.717, 1.165) is 18.0 Å². The maximum absolute atomic E-state index is 5.70. The van der Waals surface area contributed by atoms with Crippen LogP contribution in [0.4, 0.5) is 5.69 Å². The highest BCUT2D eigenvalue weighted by molar-refractivity contribution is 5.85. The molecule has 0 aliphatic carbocycles. The summed E-state index contributed by atoms with van der Waals surface area (Å²) in [6.45, 7) is 1.44. The van der Waals surface area contributed by atoms with Crippen molar-refractivity contribution in [3.63, 3.8) is 0 Å². The van der Waals surface area contributed by atoms with Gasteiger partial charge in [0.15, 0.2) is 0 Å². The molecule has 66 valence electrons. The summed E-state index contributed by atoms with van der Waals surface area (Å²) in [7, 11) is 0. The van der Waals surface area contributed by atoms with Crippen LogP contribution >= 0.6 is 12.4 Å². The quantitative estimate of drug-likeness (QED) is 0.619. The van der Waals surface area contributed by atoms with Gasteiger partial charge in [-0.05, 0) is 12.1 Å². The zero-order valence-electron chi connectivity index (χ0n) is 6.56. The maximum Gasteiger partial charge on any atom is 0.144 e. The highest BCUT2D eigenvalue weighted by atomic mass is 35.5. The predicted molar refractivity (Wildman–Crippen MR) is 50.7 cm³/mol. The number of nitrogens with two attached hydrogens (primary N) is 1. The van der Waals surface area contributed by atoms with Crippen molar-refractivity contribution in [2.75, 3.05) is 18.2 Å². The third-order valence-electron chi connectivity index (χ3n) is 1.76. The van der Waals surface area contributed by atoms with Gasteiger partial charge in [0.25, 0.3) is 0 Å². The number of anilines is 1. The standard InChI is InChI=1S/C8H10N2O.ClH/c9-10-5-6-11-8-4-2-1-3-7(8)10;/h1-4H,5-6,9H2;1H. The molecular formula is C8H11ClN2O. The molecule has 0 atom stereocenters. The molecule has 1 aliphatic heterocycles. The molecule has 0 bridgehead atoms. The second-order valence-corrected chi connectivity index (χ2v) is 2.51. The van der Waals surface area contributed by atoms with Gasteiger partial charge < -0.3 is 9.75 Å². The Labute approximate surface area is 77.5 Å². The van der Waals surface area contributed by atoms with Crippen LogP contribution in [0.1, 0.15) is 0 Å². The Bertz CT molecular complexity index is 267. The number of halogens is 1. The first-order valence-corrected chi connectivity index (χ1v) is 3.62. The van der Waals surface area contributed by atoms with E-state index >= 15 is 0 Å². The predicted octanol–water partition coefficient (Wildman–Crippen LogP) is 1.18. The molecule has 0 amide bonds. The van der Waals surface area contributed by atoms with Gasteiger partial charge in [0.1, 0.15) is 12.4 Å². The van der Waals surface area contributed by atoms with Gasteiger partial charge in [-0.15, -0.1) is 12.4 Å². The first-order valence-electron chi connectivity index (χ1n) is 3.62. The molecule has 3 nitrogen and oxygen atoms in total. The summed E-state index contributed by atoms with van der Waals surface area (Å²) in [4.78, 5) is 0. The van der Waals surface area contributed by atoms with Crippen LogP contribution in [-0.4, -0.2) is 13.2 Å². The van der Waals surface area contributed by atoms with Gasteiger partial charge in [0.2, 0.25) is 0 Å². The molecule has 0 saturated carbocycles. The molecular weight excluding hydrogens is 176 g/mol. The van der Waals surface area contributed by atoms with Gasteiger partial charge in [-0.2, -0.15) is 0 Å². The van der Waals surface area contributed by atoms with E-state index in [2.05, 4.69) is 0 Å². The lowest BCUT2D eigenvalue weighted by atomic mass is 10.2. The summed E-state index contributed by atoms with van der Waals surface area (Å²) in [6, 6.07) is 7.77. The minimum Gasteiger partial charge on any atom is -0.489 e. The summed E-state index contributed by atoms with van der Waals surface area (Å²) in [6.07, 6.45) is 0. The SMILES string of the molecule is Cl.NN1CCOc2ccccc21. The zero-order chi connectivity index (χ0) is 7.68. The number of hydrogen-bond donors (Lipinski definition) is 1. The van der Waals surface area contributed by atoms with Crippen molar-refractivity contribution in [3.05, 3.63) is 24.3 Å². The summed E-state index contributed by atoms with van der Waals surface area (Å²) < 4.78 is 5.37. The zero-order valence-corrected chi connectivity index (χ0v) is 7.38. The molecule has 1 aromatic rings. The molecule has 1 aliphatic rings. The van der Waals surface area contributed by atoms with Crippen LogP contribution < -0.4 is 15.6 Å². The van der Waals surface area contributed by atoms with Gasteiger partial charge >= 0.3 is 0 Å². The van der Waals surface area contributed by atoms with Gasteiger partial charge in [-0.25, -0.2) is 5.84 Å². The van der Waals surface area contributed by atoms with Gasteiger partial charge in [0.05, 0.1) is 12.2 Å². The van der Waals surface area contributed by atoms with Crippen molar-refractivity contribution in [3.8, 4) is 5.75 Å². The van der Waals surface area contributed by atoms with Crippen LogP contribution in [0.25, 0.3) is 0 Å². The largest absolute Gasteiger partial charge is 0.489 e. The normalized spacial score (nSPS) is 14.2. The molecule has 0 saturated heterocycles. The van der Waals surface area contributed by atoms with Crippen molar-refractivity contribution >= 4 is 18.1 Å². The number of hydrogen-bond acceptors (Lipinski definition) is 3. The maximum atomic E-state index is 5.70. The van der Waals surface area contributed by atoms with E-state index < -0.39 is 0 Å². The lowest BCUT2D eigenvalue weighted by Crippen LogP contribution is -2.38. The van der Waals surface area contributed by atoms with Gasteiger partial charge in [0, 0.05) is 0 Å². The van der Waals surface area contributed by atoms with Crippen LogP contribution in [0.2, 0.25) is 0 Å². The van der Waals surface area contributed by atoms with Crippen LogP contribution in [0.15, 0.2) is 24.3 Å².